The van der Waals surface area contributed by atoms with Crippen LogP contribution in [0.4, 0.5) is 0 Å². The average Bonchev–Trinajstić information content (AvgIpc) is 3.14. The molecule has 0 aliphatic heterocycles. The van der Waals surface area contributed by atoms with Crippen LogP contribution in [0.2, 0.25) is 0 Å². The number of methoxy groups -OCH3 is 2. The fourth-order valence-corrected chi connectivity index (χ4v) is 3.14. The molecule has 0 aliphatic rings. The maximum absolute atomic E-state index is 12.8. The van der Waals surface area contributed by atoms with E-state index in [1.807, 2.05) is 42.5 Å². The summed E-state index contributed by atoms with van der Waals surface area (Å²) in [5, 5.41) is 17.0. The zero-order chi connectivity index (χ0) is 20.8. The van der Waals surface area contributed by atoms with Crippen molar-refractivity contribution in [3.8, 4) is 22.8 Å². The lowest BCUT2D eigenvalue weighted by Crippen LogP contribution is -2.39. The summed E-state index contributed by atoms with van der Waals surface area (Å²) in [6.45, 7) is -0.155. The van der Waals surface area contributed by atoms with Gasteiger partial charge in [0.2, 0.25) is 0 Å². The van der Waals surface area contributed by atoms with Crippen molar-refractivity contribution in [2.45, 2.75) is 12.5 Å². The van der Waals surface area contributed by atoms with Crippen molar-refractivity contribution in [2.75, 3.05) is 20.8 Å². The highest BCUT2D eigenvalue weighted by Gasteiger charge is 2.20. The molecule has 3 rings (SSSR count). The summed E-state index contributed by atoms with van der Waals surface area (Å²) in [4.78, 5) is 12.8. The predicted octanol–water partition coefficient (Wildman–Crippen LogP) is 2.44. The summed E-state index contributed by atoms with van der Waals surface area (Å²) >= 11 is 0. The van der Waals surface area contributed by atoms with E-state index in [0.29, 0.717) is 29.3 Å². The topological polar surface area (TPSA) is 85.6 Å². The second-order valence-electron chi connectivity index (χ2n) is 6.65. The monoisotopic (exact) mass is 395 g/mol. The first-order chi connectivity index (χ1) is 14.0. The second-order valence-corrected chi connectivity index (χ2v) is 6.65. The first kappa shape index (κ1) is 20.4. The number of amides is 1. The van der Waals surface area contributed by atoms with E-state index in [1.54, 1.807) is 33.4 Å². The van der Waals surface area contributed by atoms with Crippen LogP contribution in [-0.4, -0.2) is 47.7 Å². The van der Waals surface area contributed by atoms with Crippen molar-refractivity contribution in [3.05, 3.63) is 65.9 Å². The van der Waals surface area contributed by atoms with E-state index < -0.39 is 6.04 Å². The standard InChI is InChI=1S/C22H25N3O4/c1-25-20(22(27)23-16(14-26)11-15-7-5-4-6-8-15)13-19(24-25)18-10-9-17(28-2)12-21(18)29-3/h4-10,12-13,16,26H,11,14H2,1-3H3,(H,23,27). The van der Waals surface area contributed by atoms with Crippen molar-refractivity contribution >= 4 is 5.91 Å². The highest BCUT2D eigenvalue weighted by molar-refractivity contribution is 5.94. The molecular weight excluding hydrogens is 370 g/mol. The first-order valence-electron chi connectivity index (χ1n) is 9.27. The number of aromatic nitrogens is 2. The number of aliphatic hydroxyl groups excluding tert-OH is 1. The van der Waals surface area contributed by atoms with Gasteiger partial charge >= 0.3 is 0 Å². The molecule has 7 heteroatoms. The number of carbonyl (C=O) groups is 1. The lowest BCUT2D eigenvalue weighted by molar-refractivity contribution is 0.0907. The molecule has 0 radical (unpaired) electrons. The van der Waals surface area contributed by atoms with E-state index in [0.717, 1.165) is 11.1 Å². The van der Waals surface area contributed by atoms with E-state index in [2.05, 4.69) is 10.4 Å². The molecule has 1 amide bonds. The third-order valence-electron chi connectivity index (χ3n) is 4.68. The molecule has 1 unspecified atom stereocenters. The number of hydrogen-bond donors (Lipinski definition) is 2. The zero-order valence-electron chi connectivity index (χ0n) is 16.8. The van der Waals surface area contributed by atoms with Gasteiger partial charge in [-0.2, -0.15) is 5.10 Å². The maximum atomic E-state index is 12.8. The molecule has 0 saturated carbocycles. The fourth-order valence-electron chi connectivity index (χ4n) is 3.14. The van der Waals surface area contributed by atoms with E-state index in [4.69, 9.17) is 9.47 Å². The second kappa shape index (κ2) is 9.25. The molecule has 29 heavy (non-hydrogen) atoms. The SMILES string of the molecule is COc1ccc(-c2cc(C(=O)NC(CO)Cc3ccccc3)n(C)n2)c(OC)c1. The lowest BCUT2D eigenvalue weighted by atomic mass is 10.1. The number of nitrogens with zero attached hydrogens (tertiary/aromatic N) is 2. The highest BCUT2D eigenvalue weighted by atomic mass is 16.5. The van der Waals surface area contributed by atoms with Crippen LogP contribution < -0.4 is 14.8 Å². The number of benzene rings is 2. The van der Waals surface area contributed by atoms with Crippen molar-refractivity contribution in [2.24, 2.45) is 7.05 Å². The molecule has 0 fully saturated rings. The molecule has 0 bridgehead atoms. The lowest BCUT2D eigenvalue weighted by Gasteiger charge is -2.16. The largest absolute Gasteiger partial charge is 0.497 e. The van der Waals surface area contributed by atoms with Gasteiger partial charge in [-0.3, -0.25) is 9.48 Å². The minimum absolute atomic E-state index is 0.155. The minimum Gasteiger partial charge on any atom is -0.497 e. The van der Waals surface area contributed by atoms with Gasteiger partial charge in [0.25, 0.3) is 5.91 Å². The van der Waals surface area contributed by atoms with Crippen LogP contribution in [0.1, 0.15) is 16.1 Å². The summed E-state index contributed by atoms with van der Waals surface area (Å²) in [5.74, 6) is 0.978. The Balaban J connectivity index is 1.80. The number of aliphatic hydroxyl groups is 1. The van der Waals surface area contributed by atoms with Crippen LogP contribution in [0.5, 0.6) is 11.5 Å². The number of nitrogens with one attached hydrogen (secondary N) is 1. The Hall–Kier alpha value is -3.32. The van der Waals surface area contributed by atoms with Crippen molar-refractivity contribution in [3.63, 3.8) is 0 Å². The maximum Gasteiger partial charge on any atom is 0.269 e. The molecule has 2 aromatic carbocycles. The molecule has 7 nitrogen and oxygen atoms in total. The summed E-state index contributed by atoms with van der Waals surface area (Å²) < 4.78 is 12.2. The van der Waals surface area contributed by atoms with Gasteiger partial charge in [-0.05, 0) is 30.2 Å². The Morgan fingerprint density at radius 3 is 2.55 bits per heavy atom. The number of carbonyl (C=O) groups excluding carboxylic acids is 1. The Morgan fingerprint density at radius 1 is 1.14 bits per heavy atom. The van der Waals surface area contributed by atoms with Gasteiger partial charge in [0.1, 0.15) is 17.2 Å². The van der Waals surface area contributed by atoms with E-state index >= 15 is 0 Å². The molecule has 1 heterocycles. The van der Waals surface area contributed by atoms with Gasteiger partial charge < -0.3 is 19.9 Å². The van der Waals surface area contributed by atoms with Gasteiger partial charge in [-0.1, -0.05) is 30.3 Å². The van der Waals surface area contributed by atoms with Crippen LogP contribution >= 0.6 is 0 Å². The quantitative estimate of drug-likeness (QED) is 0.612. The predicted molar refractivity (Wildman–Crippen MR) is 110 cm³/mol. The Morgan fingerprint density at radius 2 is 1.90 bits per heavy atom. The molecule has 152 valence electrons. The van der Waals surface area contributed by atoms with Gasteiger partial charge in [-0.15, -0.1) is 0 Å². The van der Waals surface area contributed by atoms with Crippen LogP contribution in [0.15, 0.2) is 54.6 Å². The first-order valence-corrected chi connectivity index (χ1v) is 9.27. The zero-order valence-corrected chi connectivity index (χ0v) is 16.8. The third kappa shape index (κ3) is 4.75. The summed E-state index contributed by atoms with van der Waals surface area (Å²) in [7, 11) is 4.87. The average molecular weight is 395 g/mol. The summed E-state index contributed by atoms with van der Waals surface area (Å²) in [6.07, 6.45) is 0.542. The molecular formula is C22H25N3O4. The Labute approximate surface area is 169 Å². The van der Waals surface area contributed by atoms with Crippen LogP contribution in [0.3, 0.4) is 0 Å². The minimum atomic E-state index is -0.390. The number of ether oxygens (including phenoxy) is 2. The molecule has 1 aromatic heterocycles. The van der Waals surface area contributed by atoms with Crippen molar-refractivity contribution in [1.29, 1.82) is 0 Å². The summed E-state index contributed by atoms with van der Waals surface area (Å²) in [6, 6.07) is 16.5. The van der Waals surface area contributed by atoms with E-state index in [9.17, 15) is 9.90 Å². The molecule has 2 N–H and O–H groups in total. The van der Waals surface area contributed by atoms with Crippen LogP contribution in [-0.2, 0) is 13.5 Å². The van der Waals surface area contributed by atoms with E-state index in [-0.39, 0.29) is 12.5 Å². The van der Waals surface area contributed by atoms with Crippen molar-refractivity contribution < 1.29 is 19.4 Å². The molecule has 3 aromatic rings. The van der Waals surface area contributed by atoms with Gasteiger partial charge in [0.15, 0.2) is 0 Å². The summed E-state index contributed by atoms with van der Waals surface area (Å²) in [5.41, 5.74) is 2.80. The van der Waals surface area contributed by atoms with Gasteiger partial charge in [0.05, 0.1) is 32.6 Å². The molecule has 0 aliphatic carbocycles. The van der Waals surface area contributed by atoms with Crippen molar-refractivity contribution in [1.82, 2.24) is 15.1 Å². The highest BCUT2D eigenvalue weighted by Crippen LogP contribution is 2.32. The van der Waals surface area contributed by atoms with Crippen LogP contribution in [0, 0.1) is 0 Å². The number of rotatable bonds is 8. The Kier molecular flexibility index (Phi) is 6.51. The Bertz CT molecular complexity index is 969. The van der Waals surface area contributed by atoms with Crippen LogP contribution in [0.25, 0.3) is 11.3 Å². The molecule has 0 spiro atoms. The number of aryl methyl sites for hydroxylation is 1. The van der Waals surface area contributed by atoms with Gasteiger partial charge in [0, 0.05) is 18.7 Å². The van der Waals surface area contributed by atoms with Gasteiger partial charge in [-0.25, -0.2) is 0 Å². The molecule has 1 atom stereocenters. The third-order valence-corrected chi connectivity index (χ3v) is 4.68. The fraction of sp³-hybridized carbons (Fsp3) is 0.273. The van der Waals surface area contributed by atoms with E-state index in [1.165, 1.54) is 4.68 Å². The normalized spacial score (nSPS) is 11.7. The molecule has 0 saturated heterocycles. The number of hydrogen-bond acceptors (Lipinski definition) is 5. The smallest absolute Gasteiger partial charge is 0.269 e.